The SMILES string of the molecule is CN(C)S(=O)(=O)c1ccc(CNC(=O)Nc2cccc(C#Cc3ccccc3)c2)cc1. The summed E-state index contributed by atoms with van der Waals surface area (Å²) in [6.07, 6.45) is 0. The van der Waals surface area contributed by atoms with Gasteiger partial charge in [-0.25, -0.2) is 17.5 Å². The maximum absolute atomic E-state index is 12.2. The summed E-state index contributed by atoms with van der Waals surface area (Å²) in [5, 5.41) is 5.54. The molecular weight excluding hydrogens is 410 g/mol. The number of benzene rings is 3. The molecule has 7 heteroatoms. The Morgan fingerprint density at radius 3 is 2.19 bits per heavy atom. The van der Waals surface area contributed by atoms with Crippen LogP contribution in [0.5, 0.6) is 0 Å². The number of sulfonamides is 1. The predicted octanol–water partition coefficient (Wildman–Crippen LogP) is 3.66. The van der Waals surface area contributed by atoms with Gasteiger partial charge in [-0.2, -0.15) is 0 Å². The summed E-state index contributed by atoms with van der Waals surface area (Å²) in [5.41, 5.74) is 3.13. The topological polar surface area (TPSA) is 78.5 Å². The van der Waals surface area contributed by atoms with Gasteiger partial charge in [-0.3, -0.25) is 0 Å². The van der Waals surface area contributed by atoms with Crippen molar-refractivity contribution in [2.24, 2.45) is 0 Å². The monoisotopic (exact) mass is 433 g/mol. The predicted molar refractivity (Wildman–Crippen MR) is 122 cm³/mol. The quantitative estimate of drug-likeness (QED) is 0.603. The van der Waals surface area contributed by atoms with Gasteiger partial charge in [-0.05, 0) is 48.0 Å². The zero-order valence-corrected chi connectivity index (χ0v) is 18.1. The molecule has 6 nitrogen and oxygen atoms in total. The molecule has 0 fully saturated rings. The van der Waals surface area contributed by atoms with Crippen LogP contribution in [0.3, 0.4) is 0 Å². The fraction of sp³-hybridized carbons (Fsp3) is 0.125. The smallest absolute Gasteiger partial charge is 0.319 e. The Balaban J connectivity index is 1.57. The van der Waals surface area contributed by atoms with Gasteiger partial charge in [-0.1, -0.05) is 48.2 Å². The van der Waals surface area contributed by atoms with Crippen LogP contribution < -0.4 is 10.6 Å². The van der Waals surface area contributed by atoms with Crippen LogP contribution in [-0.2, 0) is 16.6 Å². The zero-order valence-electron chi connectivity index (χ0n) is 17.3. The Hall–Kier alpha value is -3.60. The van der Waals surface area contributed by atoms with Crippen molar-refractivity contribution in [1.82, 2.24) is 9.62 Å². The number of amides is 2. The van der Waals surface area contributed by atoms with E-state index in [4.69, 9.17) is 0 Å². The Bertz CT molecular complexity index is 1210. The summed E-state index contributed by atoms with van der Waals surface area (Å²) in [6.45, 7) is 0.266. The molecule has 0 heterocycles. The van der Waals surface area contributed by atoms with Crippen LogP contribution in [-0.4, -0.2) is 32.8 Å². The lowest BCUT2D eigenvalue weighted by atomic mass is 10.1. The van der Waals surface area contributed by atoms with E-state index in [2.05, 4.69) is 22.5 Å². The van der Waals surface area contributed by atoms with E-state index in [1.165, 1.54) is 26.2 Å². The first-order valence-electron chi connectivity index (χ1n) is 9.58. The van der Waals surface area contributed by atoms with E-state index >= 15 is 0 Å². The molecule has 3 aromatic carbocycles. The average molecular weight is 434 g/mol. The first kappa shape index (κ1) is 22.1. The largest absolute Gasteiger partial charge is 0.334 e. The zero-order chi connectivity index (χ0) is 22.3. The first-order valence-corrected chi connectivity index (χ1v) is 11.0. The van der Waals surface area contributed by atoms with E-state index in [0.717, 1.165) is 21.0 Å². The summed E-state index contributed by atoms with van der Waals surface area (Å²) in [6, 6.07) is 23.0. The Kier molecular flexibility index (Phi) is 7.08. The van der Waals surface area contributed by atoms with Gasteiger partial charge in [-0.15, -0.1) is 0 Å². The molecular formula is C24H23N3O3S. The molecule has 158 valence electrons. The highest BCUT2D eigenvalue weighted by Gasteiger charge is 2.16. The van der Waals surface area contributed by atoms with Gasteiger partial charge in [0, 0.05) is 37.5 Å². The Labute approximate surface area is 183 Å². The lowest BCUT2D eigenvalue weighted by Crippen LogP contribution is -2.28. The van der Waals surface area contributed by atoms with E-state index in [9.17, 15) is 13.2 Å². The molecule has 31 heavy (non-hydrogen) atoms. The number of nitrogens with zero attached hydrogens (tertiary/aromatic N) is 1. The van der Waals surface area contributed by atoms with Crippen molar-refractivity contribution in [3.63, 3.8) is 0 Å². The standard InChI is InChI=1S/C24H23N3O3S/c1-27(2)31(29,30)23-15-13-21(14-16-23)18-25-24(28)26-22-10-6-9-20(17-22)12-11-19-7-4-3-5-8-19/h3-10,13-17H,18H2,1-2H3,(H2,25,26,28). The molecule has 0 aliphatic rings. The van der Waals surface area contributed by atoms with Crippen molar-refractivity contribution in [1.29, 1.82) is 0 Å². The third kappa shape index (κ3) is 6.19. The second kappa shape index (κ2) is 9.94. The first-order chi connectivity index (χ1) is 14.8. The van der Waals surface area contributed by atoms with Crippen LogP contribution in [0.1, 0.15) is 16.7 Å². The number of rotatable bonds is 5. The van der Waals surface area contributed by atoms with Gasteiger partial charge in [0.1, 0.15) is 0 Å². The molecule has 3 aromatic rings. The molecule has 0 radical (unpaired) electrons. The van der Waals surface area contributed by atoms with Crippen molar-refractivity contribution < 1.29 is 13.2 Å². The number of hydrogen-bond donors (Lipinski definition) is 2. The average Bonchev–Trinajstić information content (AvgIpc) is 2.77. The third-order valence-corrected chi connectivity index (χ3v) is 6.23. The molecule has 0 saturated heterocycles. The molecule has 0 aromatic heterocycles. The molecule has 0 aliphatic carbocycles. The molecule has 0 atom stereocenters. The maximum Gasteiger partial charge on any atom is 0.319 e. The molecule has 2 amide bonds. The van der Waals surface area contributed by atoms with Gasteiger partial charge >= 0.3 is 6.03 Å². The second-order valence-electron chi connectivity index (χ2n) is 6.94. The Morgan fingerprint density at radius 2 is 1.52 bits per heavy atom. The molecule has 0 saturated carbocycles. The Morgan fingerprint density at radius 1 is 0.871 bits per heavy atom. The minimum absolute atomic E-state index is 0.208. The second-order valence-corrected chi connectivity index (χ2v) is 9.09. The maximum atomic E-state index is 12.2. The number of urea groups is 1. The van der Waals surface area contributed by atoms with Gasteiger partial charge in [0.05, 0.1) is 4.90 Å². The van der Waals surface area contributed by atoms with Crippen LogP contribution in [0.2, 0.25) is 0 Å². The van der Waals surface area contributed by atoms with E-state index in [1.807, 2.05) is 42.5 Å². The molecule has 0 unspecified atom stereocenters. The van der Waals surface area contributed by atoms with Crippen LogP contribution >= 0.6 is 0 Å². The van der Waals surface area contributed by atoms with Crippen molar-refractivity contribution in [3.8, 4) is 11.8 Å². The van der Waals surface area contributed by atoms with Crippen molar-refractivity contribution >= 4 is 21.7 Å². The highest BCUT2D eigenvalue weighted by molar-refractivity contribution is 7.89. The number of nitrogens with one attached hydrogen (secondary N) is 2. The van der Waals surface area contributed by atoms with E-state index in [1.54, 1.807) is 24.3 Å². The fourth-order valence-electron chi connectivity index (χ4n) is 2.69. The normalized spacial score (nSPS) is 10.8. The van der Waals surface area contributed by atoms with Crippen molar-refractivity contribution in [3.05, 3.63) is 95.6 Å². The number of carbonyl (C=O) groups is 1. The van der Waals surface area contributed by atoms with Gasteiger partial charge in [0.2, 0.25) is 10.0 Å². The highest BCUT2D eigenvalue weighted by atomic mass is 32.2. The number of anilines is 1. The van der Waals surface area contributed by atoms with Gasteiger partial charge in [0.25, 0.3) is 0 Å². The minimum atomic E-state index is -3.47. The number of carbonyl (C=O) groups excluding carboxylic acids is 1. The summed E-state index contributed by atoms with van der Waals surface area (Å²) < 4.78 is 25.4. The summed E-state index contributed by atoms with van der Waals surface area (Å²) in [4.78, 5) is 12.4. The van der Waals surface area contributed by atoms with Gasteiger partial charge < -0.3 is 10.6 Å². The summed E-state index contributed by atoms with van der Waals surface area (Å²) in [5.74, 6) is 6.17. The van der Waals surface area contributed by atoms with Gasteiger partial charge in [0.15, 0.2) is 0 Å². The summed E-state index contributed by atoms with van der Waals surface area (Å²) in [7, 11) is -0.503. The van der Waals surface area contributed by atoms with Crippen LogP contribution in [0.15, 0.2) is 83.8 Å². The highest BCUT2D eigenvalue weighted by Crippen LogP contribution is 2.14. The van der Waals surface area contributed by atoms with Crippen molar-refractivity contribution in [2.45, 2.75) is 11.4 Å². The molecule has 0 spiro atoms. The number of hydrogen-bond acceptors (Lipinski definition) is 3. The van der Waals surface area contributed by atoms with E-state index in [-0.39, 0.29) is 17.5 Å². The lowest BCUT2D eigenvalue weighted by Gasteiger charge is -2.12. The van der Waals surface area contributed by atoms with Crippen molar-refractivity contribution in [2.75, 3.05) is 19.4 Å². The fourth-order valence-corrected chi connectivity index (χ4v) is 3.59. The lowest BCUT2D eigenvalue weighted by molar-refractivity contribution is 0.251. The van der Waals surface area contributed by atoms with E-state index in [0.29, 0.717) is 5.69 Å². The molecule has 2 N–H and O–H groups in total. The van der Waals surface area contributed by atoms with Crippen LogP contribution in [0, 0.1) is 11.8 Å². The molecule has 0 bridgehead atoms. The summed E-state index contributed by atoms with van der Waals surface area (Å²) >= 11 is 0. The minimum Gasteiger partial charge on any atom is -0.334 e. The molecule has 3 rings (SSSR count). The van der Waals surface area contributed by atoms with Crippen LogP contribution in [0.4, 0.5) is 10.5 Å². The third-order valence-electron chi connectivity index (χ3n) is 4.40. The van der Waals surface area contributed by atoms with Crippen LogP contribution in [0.25, 0.3) is 0 Å². The van der Waals surface area contributed by atoms with E-state index < -0.39 is 10.0 Å². The molecule has 0 aliphatic heterocycles.